The largest absolute Gasteiger partial charge is 0.332 e. The first-order chi connectivity index (χ1) is 13.7. The molecule has 8 heteroatoms. The van der Waals surface area contributed by atoms with E-state index in [1.54, 1.807) is 35.2 Å². The number of benzene rings is 2. The van der Waals surface area contributed by atoms with E-state index >= 15 is 0 Å². The molecule has 1 aliphatic rings. The van der Waals surface area contributed by atoms with Gasteiger partial charge in [-0.15, -0.1) is 0 Å². The fourth-order valence-corrected chi connectivity index (χ4v) is 5.24. The molecule has 0 radical (unpaired) electrons. The van der Waals surface area contributed by atoms with Crippen LogP contribution in [0.1, 0.15) is 42.6 Å². The standard InChI is InChI=1S/C21H24Cl2N2O3S/c1-15(2)25(14-16-8-9-19(22)20(23)12-16)21(26)17-6-5-7-18(13-17)29(27,28)24-10-3-4-11-24/h5-9,12-13,15H,3-4,10-11,14H2,1-2H3. The van der Waals surface area contributed by atoms with Gasteiger partial charge in [0, 0.05) is 31.2 Å². The zero-order chi connectivity index (χ0) is 21.2. The van der Waals surface area contributed by atoms with Crippen LogP contribution in [0.4, 0.5) is 0 Å². The molecular formula is C21H24Cl2N2O3S. The summed E-state index contributed by atoms with van der Waals surface area (Å²) < 4.78 is 27.2. The number of carbonyl (C=O) groups excluding carboxylic acids is 1. The van der Waals surface area contributed by atoms with Crippen LogP contribution in [0.15, 0.2) is 47.4 Å². The summed E-state index contributed by atoms with van der Waals surface area (Å²) in [6, 6.07) is 11.5. The summed E-state index contributed by atoms with van der Waals surface area (Å²) in [5, 5.41) is 0.886. The molecule has 1 fully saturated rings. The maximum Gasteiger partial charge on any atom is 0.254 e. The van der Waals surface area contributed by atoms with Crippen molar-refractivity contribution in [1.82, 2.24) is 9.21 Å². The van der Waals surface area contributed by atoms with Gasteiger partial charge in [-0.2, -0.15) is 4.31 Å². The second-order valence-corrected chi connectivity index (χ2v) is 10.2. The van der Waals surface area contributed by atoms with Crippen LogP contribution in [0.3, 0.4) is 0 Å². The van der Waals surface area contributed by atoms with Gasteiger partial charge >= 0.3 is 0 Å². The summed E-state index contributed by atoms with van der Waals surface area (Å²) >= 11 is 12.1. The number of amides is 1. The second kappa shape index (κ2) is 9.04. The summed E-state index contributed by atoms with van der Waals surface area (Å²) in [6.45, 7) is 5.23. The SMILES string of the molecule is CC(C)N(Cc1ccc(Cl)c(Cl)c1)C(=O)c1cccc(S(=O)(=O)N2CCCC2)c1. The van der Waals surface area contributed by atoms with Crippen molar-refractivity contribution in [2.45, 2.75) is 44.2 Å². The summed E-state index contributed by atoms with van der Waals surface area (Å²) in [5.41, 5.74) is 1.20. The Morgan fingerprint density at radius 2 is 1.76 bits per heavy atom. The molecule has 1 aliphatic heterocycles. The molecule has 0 aromatic heterocycles. The molecule has 0 N–H and O–H groups in total. The summed E-state index contributed by atoms with van der Waals surface area (Å²) in [5.74, 6) is -0.232. The van der Waals surface area contributed by atoms with Crippen LogP contribution in [-0.4, -0.2) is 42.7 Å². The van der Waals surface area contributed by atoms with E-state index in [2.05, 4.69) is 0 Å². The molecule has 1 heterocycles. The average molecular weight is 455 g/mol. The summed E-state index contributed by atoms with van der Waals surface area (Å²) in [6.07, 6.45) is 1.73. The maximum atomic E-state index is 13.2. The maximum absolute atomic E-state index is 13.2. The average Bonchev–Trinajstić information content (AvgIpc) is 3.24. The van der Waals surface area contributed by atoms with Gasteiger partial charge in [0.15, 0.2) is 0 Å². The van der Waals surface area contributed by atoms with Crippen molar-refractivity contribution < 1.29 is 13.2 Å². The van der Waals surface area contributed by atoms with Gasteiger partial charge < -0.3 is 4.90 Å². The predicted octanol–water partition coefficient (Wildman–Crippen LogP) is 4.83. The highest BCUT2D eigenvalue weighted by Gasteiger charge is 2.28. The van der Waals surface area contributed by atoms with Gasteiger partial charge in [0.25, 0.3) is 5.91 Å². The van der Waals surface area contributed by atoms with E-state index in [0.717, 1.165) is 18.4 Å². The molecule has 1 saturated heterocycles. The van der Waals surface area contributed by atoms with Crippen molar-refractivity contribution in [2.75, 3.05) is 13.1 Å². The van der Waals surface area contributed by atoms with Crippen molar-refractivity contribution in [3.63, 3.8) is 0 Å². The molecule has 0 bridgehead atoms. The number of nitrogens with zero attached hydrogens (tertiary/aromatic N) is 2. The lowest BCUT2D eigenvalue weighted by Crippen LogP contribution is -2.36. The monoisotopic (exact) mass is 454 g/mol. The fraction of sp³-hybridized carbons (Fsp3) is 0.381. The van der Waals surface area contributed by atoms with Crippen molar-refractivity contribution in [3.8, 4) is 0 Å². The minimum Gasteiger partial charge on any atom is -0.332 e. The van der Waals surface area contributed by atoms with Crippen LogP contribution in [-0.2, 0) is 16.6 Å². The molecule has 0 spiro atoms. The first-order valence-electron chi connectivity index (χ1n) is 9.55. The summed E-state index contributed by atoms with van der Waals surface area (Å²) in [4.78, 5) is 15.0. The van der Waals surface area contributed by atoms with Gasteiger partial charge in [-0.3, -0.25) is 4.79 Å². The van der Waals surface area contributed by atoms with Crippen LogP contribution >= 0.6 is 23.2 Å². The van der Waals surface area contributed by atoms with E-state index < -0.39 is 10.0 Å². The Balaban J connectivity index is 1.87. The molecule has 1 amide bonds. The van der Waals surface area contributed by atoms with E-state index in [1.807, 2.05) is 19.9 Å². The normalized spacial score (nSPS) is 15.1. The van der Waals surface area contributed by atoms with Crippen molar-refractivity contribution in [1.29, 1.82) is 0 Å². The third-order valence-corrected chi connectivity index (χ3v) is 7.64. The van der Waals surface area contributed by atoms with Crippen molar-refractivity contribution >= 4 is 39.1 Å². The minimum atomic E-state index is -3.58. The zero-order valence-corrected chi connectivity index (χ0v) is 18.8. The Bertz CT molecular complexity index is 1000. The third kappa shape index (κ3) is 4.94. The number of sulfonamides is 1. The number of carbonyl (C=O) groups is 1. The van der Waals surface area contributed by atoms with Gasteiger partial charge in [-0.05, 0) is 62.6 Å². The molecule has 0 saturated carbocycles. The quantitative estimate of drug-likeness (QED) is 0.627. The fourth-order valence-electron chi connectivity index (χ4n) is 3.36. The zero-order valence-electron chi connectivity index (χ0n) is 16.4. The van der Waals surface area contributed by atoms with Crippen LogP contribution in [0.5, 0.6) is 0 Å². The highest BCUT2D eigenvalue weighted by molar-refractivity contribution is 7.89. The van der Waals surface area contributed by atoms with Gasteiger partial charge in [0.2, 0.25) is 10.0 Å². The Hall–Kier alpha value is -1.60. The van der Waals surface area contributed by atoms with Gasteiger partial charge in [-0.1, -0.05) is 35.3 Å². The van der Waals surface area contributed by atoms with Gasteiger partial charge in [-0.25, -0.2) is 8.42 Å². The number of rotatable bonds is 6. The van der Waals surface area contributed by atoms with Crippen LogP contribution in [0.25, 0.3) is 0 Å². The lowest BCUT2D eigenvalue weighted by molar-refractivity contribution is 0.0690. The molecule has 2 aromatic carbocycles. The van der Waals surface area contributed by atoms with Crippen molar-refractivity contribution in [3.05, 3.63) is 63.6 Å². The molecule has 2 aromatic rings. The molecule has 5 nitrogen and oxygen atoms in total. The van der Waals surface area contributed by atoms with Crippen LogP contribution in [0.2, 0.25) is 10.0 Å². The van der Waals surface area contributed by atoms with Crippen LogP contribution < -0.4 is 0 Å². The first-order valence-corrected chi connectivity index (χ1v) is 11.7. The van der Waals surface area contributed by atoms with E-state index in [4.69, 9.17) is 23.2 Å². The van der Waals surface area contributed by atoms with E-state index in [1.165, 1.54) is 10.4 Å². The number of halogens is 2. The Morgan fingerprint density at radius 3 is 2.38 bits per heavy atom. The Kier molecular flexibility index (Phi) is 6.89. The number of hydrogen-bond acceptors (Lipinski definition) is 3. The van der Waals surface area contributed by atoms with Gasteiger partial charge in [0.1, 0.15) is 0 Å². The highest BCUT2D eigenvalue weighted by Crippen LogP contribution is 2.25. The van der Waals surface area contributed by atoms with Gasteiger partial charge in [0.05, 0.1) is 14.9 Å². The van der Waals surface area contributed by atoms with Crippen molar-refractivity contribution in [2.24, 2.45) is 0 Å². The molecule has 29 heavy (non-hydrogen) atoms. The lowest BCUT2D eigenvalue weighted by Gasteiger charge is -2.27. The minimum absolute atomic E-state index is 0.0872. The highest BCUT2D eigenvalue weighted by atomic mass is 35.5. The Labute approximate surface area is 182 Å². The molecule has 0 atom stereocenters. The smallest absolute Gasteiger partial charge is 0.254 e. The third-order valence-electron chi connectivity index (χ3n) is 5.00. The predicted molar refractivity (Wildman–Crippen MR) is 116 cm³/mol. The topological polar surface area (TPSA) is 57.7 Å². The van der Waals surface area contributed by atoms with Crippen LogP contribution in [0, 0.1) is 0 Å². The lowest BCUT2D eigenvalue weighted by atomic mass is 10.1. The second-order valence-electron chi connectivity index (χ2n) is 7.41. The van der Waals surface area contributed by atoms with E-state index in [9.17, 15) is 13.2 Å². The Morgan fingerprint density at radius 1 is 1.07 bits per heavy atom. The molecule has 3 rings (SSSR count). The number of hydrogen-bond donors (Lipinski definition) is 0. The molecule has 0 aliphatic carbocycles. The molecule has 0 unspecified atom stereocenters. The molecular weight excluding hydrogens is 431 g/mol. The van der Waals surface area contributed by atoms with E-state index in [-0.39, 0.29) is 16.8 Å². The van der Waals surface area contributed by atoms with E-state index in [0.29, 0.717) is 35.2 Å². The molecule has 156 valence electrons. The summed E-state index contributed by atoms with van der Waals surface area (Å²) in [7, 11) is -3.58. The first kappa shape index (κ1) is 22.1.